The Hall–Kier alpha value is -4.43. The van der Waals surface area contributed by atoms with E-state index in [0.29, 0.717) is 40.1 Å². The second-order valence-corrected chi connectivity index (χ2v) is 11.4. The standard InChI is InChI=1S/C32H28N4O4/c1-17(2)16-24-26-27(30(40)35(29(26)39)20-14-12-19(13-15-20)18(3)37)32(34-24)22-9-5-7-11-25(22)36-28(38)21-8-4-6-10-23(21)33-31(32)36/h4-15,17,24,26-27,34H,16H2,1-3H3. The highest BCUT2D eigenvalue weighted by Gasteiger charge is 2.69. The van der Waals surface area contributed by atoms with Crippen molar-refractivity contribution in [3.63, 3.8) is 0 Å². The van der Waals surface area contributed by atoms with Crippen LogP contribution < -0.4 is 15.8 Å². The van der Waals surface area contributed by atoms with Crippen LogP contribution in [0.15, 0.2) is 77.6 Å². The molecule has 0 aliphatic carbocycles. The molecule has 0 bridgehead atoms. The highest BCUT2D eigenvalue weighted by molar-refractivity contribution is 6.23. The predicted octanol–water partition coefficient (Wildman–Crippen LogP) is 3.97. The van der Waals surface area contributed by atoms with Gasteiger partial charge < -0.3 is 0 Å². The number of Topliss-reactive ketones (excluding diaryl/α,β-unsaturated/α-hetero) is 1. The van der Waals surface area contributed by atoms with Gasteiger partial charge in [-0.15, -0.1) is 0 Å². The summed E-state index contributed by atoms with van der Waals surface area (Å²) in [6.45, 7) is 5.66. The molecule has 40 heavy (non-hydrogen) atoms. The summed E-state index contributed by atoms with van der Waals surface area (Å²) in [7, 11) is 0. The minimum Gasteiger partial charge on any atom is -0.297 e. The smallest absolute Gasteiger partial charge is 0.266 e. The number of benzene rings is 3. The molecular formula is C32H28N4O4. The normalized spacial score (nSPS) is 24.7. The number of para-hydroxylation sites is 2. The molecule has 8 heteroatoms. The lowest BCUT2D eigenvalue weighted by Crippen LogP contribution is -2.50. The van der Waals surface area contributed by atoms with Crippen molar-refractivity contribution in [2.75, 3.05) is 4.90 Å². The molecule has 2 fully saturated rings. The van der Waals surface area contributed by atoms with Crippen molar-refractivity contribution in [3.8, 4) is 5.69 Å². The molecule has 8 nitrogen and oxygen atoms in total. The van der Waals surface area contributed by atoms with E-state index in [2.05, 4.69) is 19.2 Å². The maximum absolute atomic E-state index is 14.5. The number of nitrogens with one attached hydrogen (secondary N) is 1. The predicted molar refractivity (Wildman–Crippen MR) is 150 cm³/mol. The first-order valence-corrected chi connectivity index (χ1v) is 13.6. The van der Waals surface area contributed by atoms with Gasteiger partial charge in [0.2, 0.25) is 11.8 Å². The minimum absolute atomic E-state index is 0.0921. The fraction of sp³-hybridized carbons (Fsp3) is 0.281. The van der Waals surface area contributed by atoms with E-state index in [9.17, 15) is 19.2 Å². The molecule has 4 aromatic rings. The van der Waals surface area contributed by atoms with Crippen LogP contribution in [-0.2, 0) is 15.1 Å². The number of ketones is 1. The number of carbonyl (C=O) groups is 3. The van der Waals surface area contributed by atoms with Crippen molar-refractivity contribution in [2.24, 2.45) is 17.8 Å². The SMILES string of the molecule is CC(=O)c1ccc(N2C(=O)C3C(CC(C)C)NC4(c5ccccc5-n5c4nc4ccccc4c5=O)C3C2=O)cc1. The summed E-state index contributed by atoms with van der Waals surface area (Å²) >= 11 is 0. The van der Waals surface area contributed by atoms with Crippen LogP contribution in [0.2, 0.25) is 0 Å². The number of carbonyl (C=O) groups excluding carboxylic acids is 3. The zero-order valence-electron chi connectivity index (χ0n) is 22.4. The van der Waals surface area contributed by atoms with E-state index < -0.39 is 17.4 Å². The third-order valence-electron chi connectivity index (χ3n) is 8.62. The second-order valence-electron chi connectivity index (χ2n) is 11.4. The number of fused-ring (bicyclic) bond motifs is 8. The van der Waals surface area contributed by atoms with Crippen LogP contribution in [0.4, 0.5) is 5.69 Å². The molecule has 4 atom stereocenters. The van der Waals surface area contributed by atoms with E-state index in [0.717, 1.165) is 5.56 Å². The van der Waals surface area contributed by atoms with Gasteiger partial charge in [-0.25, -0.2) is 9.88 Å². The van der Waals surface area contributed by atoms with E-state index in [4.69, 9.17) is 4.98 Å². The Morgan fingerprint density at radius 3 is 2.38 bits per heavy atom. The monoisotopic (exact) mass is 532 g/mol. The molecule has 200 valence electrons. The molecule has 4 unspecified atom stereocenters. The fourth-order valence-electron chi connectivity index (χ4n) is 7.03. The van der Waals surface area contributed by atoms with Crippen molar-refractivity contribution >= 4 is 34.2 Å². The number of anilines is 1. The number of rotatable bonds is 4. The van der Waals surface area contributed by atoms with Crippen molar-refractivity contribution in [2.45, 2.75) is 38.8 Å². The second kappa shape index (κ2) is 8.53. The summed E-state index contributed by atoms with van der Waals surface area (Å²) in [6, 6.07) is 21.0. The zero-order chi connectivity index (χ0) is 27.9. The number of hydrogen-bond acceptors (Lipinski definition) is 6. The van der Waals surface area contributed by atoms with Gasteiger partial charge in [-0.3, -0.25) is 29.1 Å². The van der Waals surface area contributed by atoms with Crippen LogP contribution in [0.25, 0.3) is 16.6 Å². The molecule has 2 saturated heterocycles. The average molecular weight is 533 g/mol. The number of aromatic nitrogens is 2. The molecule has 2 amide bonds. The van der Waals surface area contributed by atoms with Gasteiger partial charge in [-0.1, -0.05) is 44.2 Å². The molecule has 0 radical (unpaired) electrons. The third-order valence-corrected chi connectivity index (χ3v) is 8.62. The Balaban J connectivity index is 1.48. The van der Waals surface area contributed by atoms with Crippen molar-refractivity contribution in [1.82, 2.24) is 14.9 Å². The van der Waals surface area contributed by atoms with E-state index in [1.54, 1.807) is 41.0 Å². The number of hydrogen-bond donors (Lipinski definition) is 1. The summed E-state index contributed by atoms with van der Waals surface area (Å²) in [5, 5.41) is 4.22. The first kappa shape index (κ1) is 24.6. The molecule has 1 spiro atoms. The Labute approximate surface area is 230 Å². The van der Waals surface area contributed by atoms with Gasteiger partial charge in [-0.05, 0) is 61.7 Å². The Morgan fingerprint density at radius 2 is 1.65 bits per heavy atom. The number of amides is 2. The van der Waals surface area contributed by atoms with Crippen LogP contribution in [-0.4, -0.2) is 33.2 Å². The summed E-state index contributed by atoms with van der Waals surface area (Å²) in [6.07, 6.45) is 0.666. The number of imide groups is 1. The quantitative estimate of drug-likeness (QED) is 0.315. The molecule has 7 rings (SSSR count). The maximum Gasteiger partial charge on any atom is 0.266 e. The van der Waals surface area contributed by atoms with Gasteiger partial charge >= 0.3 is 0 Å². The summed E-state index contributed by atoms with van der Waals surface area (Å²) in [5.41, 5.74) is 1.56. The van der Waals surface area contributed by atoms with Gasteiger partial charge in [0.25, 0.3) is 5.56 Å². The molecule has 4 heterocycles. The zero-order valence-corrected chi connectivity index (χ0v) is 22.4. The lowest BCUT2D eigenvalue weighted by molar-refractivity contribution is -0.123. The highest BCUT2D eigenvalue weighted by Crippen LogP contribution is 2.56. The average Bonchev–Trinajstić information content (AvgIpc) is 3.51. The van der Waals surface area contributed by atoms with Crippen LogP contribution in [0.1, 0.15) is 48.9 Å². The van der Waals surface area contributed by atoms with Crippen molar-refractivity contribution < 1.29 is 14.4 Å². The lowest BCUT2D eigenvalue weighted by atomic mass is 9.75. The van der Waals surface area contributed by atoms with Gasteiger partial charge in [0.05, 0.1) is 34.1 Å². The minimum atomic E-state index is -1.16. The van der Waals surface area contributed by atoms with Crippen LogP contribution in [0.3, 0.4) is 0 Å². The Bertz CT molecular complexity index is 1810. The van der Waals surface area contributed by atoms with Gasteiger partial charge in [-0.2, -0.15) is 0 Å². The molecule has 1 aromatic heterocycles. The molecule has 3 aliphatic heterocycles. The number of nitrogens with zero attached hydrogens (tertiary/aromatic N) is 3. The summed E-state index contributed by atoms with van der Waals surface area (Å²) in [5.74, 6) is -1.47. The summed E-state index contributed by atoms with van der Waals surface area (Å²) in [4.78, 5) is 60.6. The van der Waals surface area contributed by atoms with Gasteiger partial charge in [0.15, 0.2) is 5.78 Å². The van der Waals surface area contributed by atoms with E-state index in [1.807, 2.05) is 36.4 Å². The summed E-state index contributed by atoms with van der Waals surface area (Å²) < 4.78 is 1.61. The van der Waals surface area contributed by atoms with Crippen molar-refractivity contribution in [3.05, 3.63) is 100 Å². The van der Waals surface area contributed by atoms with Crippen LogP contribution in [0.5, 0.6) is 0 Å². The topological polar surface area (TPSA) is 101 Å². The van der Waals surface area contributed by atoms with E-state index in [-0.39, 0.29) is 35.1 Å². The molecule has 3 aromatic carbocycles. The Morgan fingerprint density at radius 1 is 0.950 bits per heavy atom. The molecule has 3 aliphatic rings. The molecule has 0 saturated carbocycles. The fourth-order valence-corrected chi connectivity index (χ4v) is 7.03. The van der Waals surface area contributed by atoms with Crippen molar-refractivity contribution in [1.29, 1.82) is 0 Å². The van der Waals surface area contributed by atoms with E-state index >= 15 is 0 Å². The first-order chi connectivity index (χ1) is 19.2. The maximum atomic E-state index is 14.5. The third kappa shape index (κ3) is 3.14. The Kier molecular flexibility index (Phi) is 5.25. The van der Waals surface area contributed by atoms with Crippen LogP contribution in [0, 0.1) is 17.8 Å². The molecule has 1 N–H and O–H groups in total. The van der Waals surface area contributed by atoms with Gasteiger partial charge in [0.1, 0.15) is 11.4 Å². The largest absolute Gasteiger partial charge is 0.297 e. The highest BCUT2D eigenvalue weighted by atomic mass is 16.2. The lowest BCUT2D eigenvalue weighted by Gasteiger charge is -2.32. The molecular weight excluding hydrogens is 504 g/mol. The van der Waals surface area contributed by atoms with Crippen LogP contribution >= 0.6 is 0 Å². The first-order valence-electron chi connectivity index (χ1n) is 13.6. The van der Waals surface area contributed by atoms with E-state index in [1.165, 1.54) is 11.8 Å². The van der Waals surface area contributed by atoms with Gasteiger partial charge in [0, 0.05) is 17.2 Å².